The van der Waals surface area contributed by atoms with Crippen molar-refractivity contribution in [2.24, 2.45) is 11.8 Å². The van der Waals surface area contributed by atoms with Crippen LogP contribution in [0.5, 0.6) is 0 Å². The van der Waals surface area contributed by atoms with Crippen LogP contribution in [0.25, 0.3) is 0 Å². The lowest BCUT2D eigenvalue weighted by molar-refractivity contribution is -0.119. The molecule has 0 radical (unpaired) electrons. The first-order chi connectivity index (χ1) is 10.6. The van der Waals surface area contributed by atoms with Gasteiger partial charge in [0.05, 0.1) is 11.4 Å². The molecule has 0 aliphatic heterocycles. The molecule has 2 aliphatic rings. The molecule has 2 N–H and O–H groups in total. The Hall–Kier alpha value is -1.49. The van der Waals surface area contributed by atoms with Gasteiger partial charge in [0.1, 0.15) is 0 Å². The van der Waals surface area contributed by atoms with Crippen molar-refractivity contribution in [1.29, 1.82) is 0 Å². The molecule has 0 unspecified atom stereocenters. The topological polar surface area (TPSA) is 58.2 Å². The Morgan fingerprint density at radius 1 is 1.23 bits per heavy atom. The quantitative estimate of drug-likeness (QED) is 0.820. The molecule has 118 valence electrons. The first-order valence-corrected chi connectivity index (χ1v) is 8.89. The molecule has 0 heterocycles. The van der Waals surface area contributed by atoms with Crippen LogP contribution < -0.4 is 10.6 Å². The number of amides is 2. The molecule has 3 atom stereocenters. The molecule has 2 aliphatic carbocycles. The second-order valence-corrected chi connectivity index (χ2v) is 7.33. The van der Waals surface area contributed by atoms with E-state index in [4.69, 9.17) is 0 Å². The lowest BCUT2D eigenvalue weighted by Gasteiger charge is -2.22. The van der Waals surface area contributed by atoms with Gasteiger partial charge in [-0.2, -0.15) is 0 Å². The SMILES string of the molecule is CC(=O)Nc1ccccc1SCC(=O)N[C@@H]1C[C@H]2CC[C@H]1C2. The summed E-state index contributed by atoms with van der Waals surface area (Å²) in [6.45, 7) is 1.49. The monoisotopic (exact) mass is 318 g/mol. The zero-order valence-electron chi connectivity index (χ0n) is 12.8. The van der Waals surface area contributed by atoms with Crippen LogP contribution >= 0.6 is 11.8 Å². The predicted molar refractivity (Wildman–Crippen MR) is 88.8 cm³/mol. The highest BCUT2D eigenvalue weighted by Crippen LogP contribution is 2.44. The summed E-state index contributed by atoms with van der Waals surface area (Å²) in [7, 11) is 0. The Labute approximate surface area is 135 Å². The summed E-state index contributed by atoms with van der Waals surface area (Å²) in [6, 6.07) is 7.97. The van der Waals surface area contributed by atoms with Crippen molar-refractivity contribution >= 4 is 29.3 Å². The van der Waals surface area contributed by atoms with Crippen molar-refractivity contribution in [3.05, 3.63) is 24.3 Å². The summed E-state index contributed by atoms with van der Waals surface area (Å²) in [6.07, 6.45) is 5.07. The van der Waals surface area contributed by atoms with Gasteiger partial charge in [0.25, 0.3) is 0 Å². The molecule has 1 aromatic rings. The highest BCUT2D eigenvalue weighted by atomic mass is 32.2. The Kier molecular flexibility index (Phi) is 4.71. The normalized spacial score (nSPS) is 26.0. The van der Waals surface area contributed by atoms with Gasteiger partial charge in [-0.15, -0.1) is 11.8 Å². The maximum atomic E-state index is 12.2. The minimum absolute atomic E-state index is 0.0974. The standard InChI is InChI=1S/C17H22N2O2S/c1-11(20)18-14-4-2-3-5-16(14)22-10-17(21)19-15-9-12-6-7-13(15)8-12/h2-5,12-13,15H,6-10H2,1H3,(H,18,20)(H,19,21)/t12-,13-,15+/m0/s1. The van der Waals surface area contributed by atoms with E-state index in [1.165, 1.54) is 37.9 Å². The first kappa shape index (κ1) is 15.4. The van der Waals surface area contributed by atoms with Crippen LogP contribution in [0.1, 0.15) is 32.6 Å². The summed E-state index contributed by atoms with van der Waals surface area (Å²) in [5, 5.41) is 5.99. The van der Waals surface area contributed by atoms with E-state index in [1.54, 1.807) is 0 Å². The van der Waals surface area contributed by atoms with E-state index < -0.39 is 0 Å². The van der Waals surface area contributed by atoms with E-state index >= 15 is 0 Å². The van der Waals surface area contributed by atoms with E-state index in [2.05, 4.69) is 10.6 Å². The van der Waals surface area contributed by atoms with E-state index in [-0.39, 0.29) is 11.8 Å². The molecule has 0 saturated heterocycles. The van der Waals surface area contributed by atoms with Crippen molar-refractivity contribution in [2.45, 2.75) is 43.5 Å². The minimum Gasteiger partial charge on any atom is -0.352 e. The zero-order valence-corrected chi connectivity index (χ0v) is 13.6. The average molecular weight is 318 g/mol. The fraction of sp³-hybridized carbons (Fsp3) is 0.529. The first-order valence-electron chi connectivity index (χ1n) is 7.90. The predicted octanol–water partition coefficient (Wildman–Crippen LogP) is 3.04. The van der Waals surface area contributed by atoms with Crippen LogP contribution in [0, 0.1) is 11.8 Å². The second kappa shape index (κ2) is 6.73. The molecule has 0 spiro atoms. The molecule has 2 fully saturated rings. The number of rotatable bonds is 5. The van der Waals surface area contributed by atoms with Crippen LogP contribution in [0.3, 0.4) is 0 Å². The van der Waals surface area contributed by atoms with Gasteiger partial charge in [0.2, 0.25) is 11.8 Å². The number of hydrogen-bond acceptors (Lipinski definition) is 3. The lowest BCUT2D eigenvalue weighted by atomic mass is 9.95. The molecule has 22 heavy (non-hydrogen) atoms. The number of hydrogen-bond donors (Lipinski definition) is 2. The van der Waals surface area contributed by atoms with Crippen LogP contribution in [0.15, 0.2) is 29.2 Å². The van der Waals surface area contributed by atoms with E-state index in [0.29, 0.717) is 17.7 Å². The number of carbonyl (C=O) groups excluding carboxylic acids is 2. The molecule has 3 rings (SSSR count). The number of para-hydroxylation sites is 1. The smallest absolute Gasteiger partial charge is 0.230 e. The Balaban J connectivity index is 1.52. The molecule has 4 nitrogen and oxygen atoms in total. The summed E-state index contributed by atoms with van der Waals surface area (Å²) in [5.74, 6) is 1.93. The van der Waals surface area contributed by atoms with Gasteiger partial charge in [-0.05, 0) is 43.2 Å². The molecule has 1 aromatic carbocycles. The summed E-state index contributed by atoms with van der Waals surface area (Å²) in [4.78, 5) is 24.3. The Morgan fingerprint density at radius 3 is 2.73 bits per heavy atom. The minimum atomic E-state index is -0.0977. The van der Waals surface area contributed by atoms with Crippen LogP contribution in [0.2, 0.25) is 0 Å². The van der Waals surface area contributed by atoms with Crippen LogP contribution in [0.4, 0.5) is 5.69 Å². The van der Waals surface area contributed by atoms with E-state index in [1.807, 2.05) is 24.3 Å². The third-order valence-electron chi connectivity index (χ3n) is 4.64. The summed E-state index contributed by atoms with van der Waals surface area (Å²) in [5.41, 5.74) is 0.771. The third-order valence-corrected chi connectivity index (χ3v) is 5.71. The van der Waals surface area contributed by atoms with Crippen molar-refractivity contribution in [1.82, 2.24) is 5.32 Å². The van der Waals surface area contributed by atoms with Gasteiger partial charge in [-0.3, -0.25) is 9.59 Å². The largest absolute Gasteiger partial charge is 0.352 e. The molecule has 2 amide bonds. The molecular weight excluding hydrogens is 296 g/mol. The van der Waals surface area contributed by atoms with E-state index in [0.717, 1.165) is 22.9 Å². The highest BCUT2D eigenvalue weighted by Gasteiger charge is 2.39. The maximum absolute atomic E-state index is 12.2. The third kappa shape index (κ3) is 3.64. The van der Waals surface area contributed by atoms with Gasteiger partial charge in [-0.25, -0.2) is 0 Å². The van der Waals surface area contributed by atoms with E-state index in [9.17, 15) is 9.59 Å². The summed E-state index contributed by atoms with van der Waals surface area (Å²) >= 11 is 1.47. The number of carbonyl (C=O) groups is 2. The van der Waals surface area contributed by atoms with Crippen molar-refractivity contribution in [3.8, 4) is 0 Å². The van der Waals surface area contributed by atoms with Gasteiger partial charge >= 0.3 is 0 Å². The van der Waals surface area contributed by atoms with Crippen molar-refractivity contribution < 1.29 is 9.59 Å². The molecular formula is C17H22N2O2S. The molecule has 5 heteroatoms. The number of anilines is 1. The Morgan fingerprint density at radius 2 is 2.05 bits per heavy atom. The Bertz CT molecular complexity index is 576. The summed E-state index contributed by atoms with van der Waals surface area (Å²) < 4.78 is 0. The number of nitrogens with one attached hydrogen (secondary N) is 2. The van der Waals surface area contributed by atoms with Gasteiger partial charge < -0.3 is 10.6 Å². The van der Waals surface area contributed by atoms with Crippen molar-refractivity contribution in [3.63, 3.8) is 0 Å². The van der Waals surface area contributed by atoms with Crippen molar-refractivity contribution in [2.75, 3.05) is 11.1 Å². The average Bonchev–Trinajstić information content (AvgIpc) is 3.08. The number of benzene rings is 1. The van der Waals surface area contributed by atoms with Gasteiger partial charge in [0.15, 0.2) is 0 Å². The molecule has 2 saturated carbocycles. The molecule has 2 bridgehead atoms. The lowest BCUT2D eigenvalue weighted by Crippen LogP contribution is -2.39. The highest BCUT2D eigenvalue weighted by molar-refractivity contribution is 8.00. The fourth-order valence-electron chi connectivity index (χ4n) is 3.70. The number of fused-ring (bicyclic) bond motifs is 2. The van der Waals surface area contributed by atoms with Crippen LogP contribution in [-0.4, -0.2) is 23.6 Å². The fourth-order valence-corrected chi connectivity index (χ4v) is 4.52. The van der Waals surface area contributed by atoms with Gasteiger partial charge in [0, 0.05) is 17.9 Å². The van der Waals surface area contributed by atoms with Crippen LogP contribution in [-0.2, 0) is 9.59 Å². The molecule has 0 aromatic heterocycles. The van der Waals surface area contributed by atoms with Gasteiger partial charge in [-0.1, -0.05) is 18.6 Å². The maximum Gasteiger partial charge on any atom is 0.230 e. The second-order valence-electron chi connectivity index (χ2n) is 6.31. The number of thioether (sulfide) groups is 1. The zero-order chi connectivity index (χ0) is 15.5.